The molecule has 0 heterocycles. The van der Waals surface area contributed by atoms with Crippen molar-refractivity contribution in [2.45, 2.75) is 105 Å². The average molecular weight is 567 g/mol. The summed E-state index contributed by atoms with van der Waals surface area (Å²) in [6, 6.07) is 0.841. The van der Waals surface area contributed by atoms with Crippen LogP contribution in [0.15, 0.2) is 11.1 Å². The van der Waals surface area contributed by atoms with Crippen LogP contribution in [0, 0.1) is 20.8 Å². The molecule has 5 N–H and O–H groups in total. The third-order valence-corrected chi connectivity index (χ3v) is 5.76. The summed E-state index contributed by atoms with van der Waals surface area (Å²) < 4.78 is 16.0. The summed E-state index contributed by atoms with van der Waals surface area (Å²) >= 11 is 0. The summed E-state index contributed by atoms with van der Waals surface area (Å²) in [6.45, 7) is 16.7. The topological polar surface area (TPSA) is 168 Å². The van der Waals surface area contributed by atoms with E-state index in [-0.39, 0.29) is 25.5 Å². The Morgan fingerprint density at radius 3 is 2.08 bits per heavy atom. The molecule has 0 fully saturated rings. The Bertz CT molecular complexity index is 1070. The van der Waals surface area contributed by atoms with E-state index in [1.165, 1.54) is 0 Å². The lowest BCUT2D eigenvalue weighted by Crippen LogP contribution is -2.49. The number of hydrogen-bond acceptors (Lipinski definition) is 8. The monoisotopic (exact) mass is 566 g/mol. The molecule has 2 unspecified atom stereocenters. The molecule has 0 saturated carbocycles. The highest BCUT2D eigenvalue weighted by Crippen LogP contribution is 2.28. The molecule has 0 aliphatic rings. The normalized spacial score (nSPS) is 13.6. The Kier molecular flexibility index (Phi) is 12.7. The third kappa shape index (κ3) is 12.1. The van der Waals surface area contributed by atoms with Crippen LogP contribution in [-0.2, 0) is 20.8 Å². The first kappa shape index (κ1) is 34.5. The highest BCUT2D eigenvalue weighted by atomic mass is 16.6. The molecule has 0 radical (unpaired) electrons. The van der Waals surface area contributed by atoms with Crippen LogP contribution in [0.5, 0.6) is 5.75 Å². The number of methoxy groups -OCH3 is 1. The lowest BCUT2D eigenvalue weighted by molar-refractivity contribution is -0.148. The second kappa shape index (κ2) is 14.7. The van der Waals surface area contributed by atoms with E-state index in [9.17, 15) is 24.6 Å². The van der Waals surface area contributed by atoms with Crippen LogP contribution in [0.1, 0.15) is 76.6 Å². The number of carboxylic acid groups (broad SMARTS) is 1. The van der Waals surface area contributed by atoms with Crippen LogP contribution < -0.4 is 20.7 Å². The molecular formula is C28H46N4O8. The van der Waals surface area contributed by atoms with Gasteiger partial charge in [0, 0.05) is 6.54 Å². The van der Waals surface area contributed by atoms with Gasteiger partial charge in [0.15, 0.2) is 6.10 Å². The zero-order valence-electron chi connectivity index (χ0n) is 25.4. The zero-order chi connectivity index (χ0) is 30.8. The van der Waals surface area contributed by atoms with Crippen LogP contribution in [0.25, 0.3) is 0 Å². The molecule has 1 rings (SSSR count). The van der Waals surface area contributed by atoms with E-state index in [1.807, 2.05) is 26.8 Å². The molecule has 12 nitrogen and oxygen atoms in total. The fraction of sp³-hybridized carbons (Fsp3) is 0.643. The molecule has 0 spiro atoms. The van der Waals surface area contributed by atoms with E-state index in [0.29, 0.717) is 6.42 Å². The molecule has 2 atom stereocenters. The van der Waals surface area contributed by atoms with Crippen molar-refractivity contribution in [3.8, 4) is 5.75 Å². The van der Waals surface area contributed by atoms with Crippen molar-refractivity contribution in [2.24, 2.45) is 4.99 Å². The molecule has 0 aliphatic carbocycles. The van der Waals surface area contributed by atoms with E-state index >= 15 is 0 Å². The van der Waals surface area contributed by atoms with Gasteiger partial charge in [-0.15, -0.1) is 0 Å². The number of aliphatic imine (C=N–C) groups is 1. The minimum Gasteiger partial charge on any atom is -0.496 e. The minimum absolute atomic E-state index is 0.106. The molecule has 2 amide bonds. The van der Waals surface area contributed by atoms with Crippen LogP contribution in [0.2, 0.25) is 0 Å². The Hall–Kier alpha value is -3.54. The van der Waals surface area contributed by atoms with Gasteiger partial charge in [-0.25, -0.2) is 19.4 Å². The van der Waals surface area contributed by atoms with Gasteiger partial charge < -0.3 is 35.1 Å². The van der Waals surface area contributed by atoms with E-state index in [2.05, 4.69) is 20.9 Å². The van der Waals surface area contributed by atoms with Crippen molar-refractivity contribution in [2.75, 3.05) is 13.7 Å². The number of hydrogen-bond donors (Lipinski definition) is 5. The van der Waals surface area contributed by atoms with E-state index in [4.69, 9.17) is 14.2 Å². The van der Waals surface area contributed by atoms with Gasteiger partial charge >= 0.3 is 18.2 Å². The van der Waals surface area contributed by atoms with Crippen molar-refractivity contribution >= 4 is 24.1 Å². The van der Waals surface area contributed by atoms with Crippen molar-refractivity contribution < 1.29 is 38.8 Å². The minimum atomic E-state index is -1.83. The summed E-state index contributed by atoms with van der Waals surface area (Å²) in [5.74, 6) is -0.522. The van der Waals surface area contributed by atoms with Gasteiger partial charge in [0.2, 0.25) is 5.96 Å². The number of aliphatic hydroxyl groups is 1. The quantitative estimate of drug-likeness (QED) is 0.161. The van der Waals surface area contributed by atoms with Gasteiger partial charge in [0.25, 0.3) is 0 Å². The number of ether oxygens (including phenoxy) is 3. The summed E-state index contributed by atoms with van der Waals surface area (Å²) in [5, 5.41) is 27.4. The van der Waals surface area contributed by atoms with Crippen LogP contribution in [-0.4, -0.2) is 71.3 Å². The Balaban J connectivity index is 3.03. The van der Waals surface area contributed by atoms with E-state index < -0.39 is 41.5 Å². The third-order valence-electron chi connectivity index (χ3n) is 5.76. The molecule has 0 bridgehead atoms. The number of carbonyl (C=O) groups excluding carboxylic acids is 2. The maximum Gasteiger partial charge on any atom is 0.414 e. The molecule has 0 saturated heterocycles. The number of aliphatic hydroxyl groups excluding tert-OH is 1. The summed E-state index contributed by atoms with van der Waals surface area (Å²) in [5.41, 5.74) is 2.48. The number of rotatable bonds is 10. The Labute approximate surface area is 236 Å². The van der Waals surface area contributed by atoms with Gasteiger partial charge in [-0.2, -0.15) is 0 Å². The molecule has 1 aromatic rings. The number of aliphatic carboxylic acids is 1. The van der Waals surface area contributed by atoms with Gasteiger partial charge in [-0.3, -0.25) is 5.32 Å². The predicted octanol–water partition coefficient (Wildman–Crippen LogP) is 3.71. The molecule has 40 heavy (non-hydrogen) atoms. The number of carbonyl (C=O) groups is 3. The number of nitrogens with zero attached hydrogens (tertiary/aromatic N) is 1. The summed E-state index contributed by atoms with van der Waals surface area (Å²) in [6.07, 6.45) is -2.93. The second-order valence-electron chi connectivity index (χ2n) is 11.5. The largest absolute Gasteiger partial charge is 0.496 e. The lowest BCUT2D eigenvalue weighted by atomic mass is 9.97. The van der Waals surface area contributed by atoms with Gasteiger partial charge in [-0.05, 0) is 103 Å². The zero-order valence-corrected chi connectivity index (χ0v) is 25.4. The highest BCUT2D eigenvalue weighted by Gasteiger charge is 2.29. The van der Waals surface area contributed by atoms with Crippen LogP contribution in [0.3, 0.4) is 0 Å². The van der Waals surface area contributed by atoms with Crippen LogP contribution >= 0.6 is 0 Å². The number of guanidine groups is 1. The standard InChI is InChI=1S/C28H46N4O8/c1-16-14-21(38-10)18(3)17(2)19(16)15-30-24(32-26(37)40-28(7,8)9)29-13-11-12-20(22(33)23(34)35)31-25(36)39-27(4,5)6/h14,20,22,33H,11-13,15H2,1-10H3,(H,31,36)(H,34,35)(H2,29,30,32,37). The first-order valence-corrected chi connectivity index (χ1v) is 13.2. The molecule has 0 aliphatic heterocycles. The van der Waals surface area contributed by atoms with Crippen molar-refractivity contribution in [1.29, 1.82) is 0 Å². The predicted molar refractivity (Wildman–Crippen MR) is 152 cm³/mol. The fourth-order valence-corrected chi connectivity index (χ4v) is 3.72. The SMILES string of the molecule is COc1cc(C)c(CN=C(NCCCC(NC(=O)OC(C)(C)C)C(O)C(=O)O)NC(=O)OC(C)(C)C)c(C)c1C. The molecule has 1 aromatic carbocycles. The van der Waals surface area contributed by atoms with Crippen molar-refractivity contribution in [3.63, 3.8) is 0 Å². The molecular weight excluding hydrogens is 520 g/mol. The van der Waals surface area contributed by atoms with E-state index in [1.54, 1.807) is 48.7 Å². The van der Waals surface area contributed by atoms with Gasteiger partial charge in [0.1, 0.15) is 17.0 Å². The summed E-state index contributed by atoms with van der Waals surface area (Å²) in [4.78, 5) is 40.6. The van der Waals surface area contributed by atoms with Crippen LogP contribution in [0.4, 0.5) is 9.59 Å². The molecule has 0 aromatic heterocycles. The second-order valence-corrected chi connectivity index (χ2v) is 11.5. The highest BCUT2D eigenvalue weighted by molar-refractivity contribution is 5.94. The number of carboxylic acids is 1. The fourth-order valence-electron chi connectivity index (χ4n) is 3.72. The number of benzene rings is 1. The Morgan fingerprint density at radius 2 is 1.55 bits per heavy atom. The van der Waals surface area contributed by atoms with Gasteiger partial charge in [-0.1, -0.05) is 0 Å². The average Bonchev–Trinajstić information content (AvgIpc) is 2.79. The lowest BCUT2D eigenvalue weighted by Gasteiger charge is -2.25. The first-order valence-electron chi connectivity index (χ1n) is 13.2. The maximum atomic E-state index is 12.5. The smallest absolute Gasteiger partial charge is 0.414 e. The van der Waals surface area contributed by atoms with Crippen molar-refractivity contribution in [3.05, 3.63) is 28.3 Å². The number of amides is 2. The number of nitrogens with one attached hydrogen (secondary N) is 3. The van der Waals surface area contributed by atoms with Crippen molar-refractivity contribution in [1.82, 2.24) is 16.0 Å². The first-order chi connectivity index (χ1) is 18.3. The maximum absolute atomic E-state index is 12.5. The Morgan fingerprint density at radius 1 is 0.975 bits per heavy atom. The van der Waals surface area contributed by atoms with Gasteiger partial charge in [0.05, 0.1) is 19.7 Å². The summed E-state index contributed by atoms with van der Waals surface area (Å²) in [7, 11) is 1.62. The number of aryl methyl sites for hydroxylation is 1. The molecule has 226 valence electrons. The number of alkyl carbamates (subject to hydrolysis) is 2. The van der Waals surface area contributed by atoms with E-state index in [0.717, 1.165) is 28.0 Å². The molecule has 12 heteroatoms.